The van der Waals surface area contributed by atoms with Crippen LogP contribution in [0.1, 0.15) is 4.88 Å². The number of nitrogens with zero attached hydrogens (tertiary/aromatic N) is 2. The van der Waals surface area contributed by atoms with Crippen molar-refractivity contribution in [3.8, 4) is 6.07 Å². The van der Waals surface area contributed by atoms with Gasteiger partial charge in [0, 0.05) is 5.69 Å². The molecule has 5 nitrogen and oxygen atoms in total. The minimum Gasteiger partial charge on any atom is -0.457 e. The molecule has 0 spiro atoms. The van der Waals surface area contributed by atoms with E-state index in [0.29, 0.717) is 10.0 Å². The molecule has 0 aliphatic carbocycles. The zero-order chi connectivity index (χ0) is 16.7. The molecular formula is C16H12ClN3O2S. The number of benzene rings is 1. The fourth-order valence-corrected chi connectivity index (χ4v) is 2.71. The van der Waals surface area contributed by atoms with E-state index < -0.39 is 5.97 Å². The molecule has 0 atom stereocenters. The lowest BCUT2D eigenvalue weighted by molar-refractivity contribution is -0.137. The molecule has 23 heavy (non-hydrogen) atoms. The number of thiazole rings is 1. The average molecular weight is 346 g/mol. The zero-order valence-corrected chi connectivity index (χ0v) is 13.5. The molecule has 0 aliphatic heterocycles. The number of hydrogen-bond donors (Lipinski definition) is 1. The van der Waals surface area contributed by atoms with Crippen LogP contribution >= 0.6 is 22.9 Å². The van der Waals surface area contributed by atoms with E-state index in [-0.39, 0.29) is 17.3 Å². The summed E-state index contributed by atoms with van der Waals surface area (Å²) in [6.07, 6.45) is 2.79. The summed E-state index contributed by atoms with van der Waals surface area (Å²) < 4.78 is 4.84. The van der Waals surface area contributed by atoms with Gasteiger partial charge in [0.25, 0.3) is 0 Å². The second kappa shape index (κ2) is 8.13. The molecule has 0 aliphatic rings. The summed E-state index contributed by atoms with van der Waals surface area (Å²) in [4.78, 5) is 16.4. The molecule has 1 aromatic carbocycles. The number of esters is 1. The van der Waals surface area contributed by atoms with Crippen LogP contribution in [-0.4, -0.2) is 17.6 Å². The smallest absolute Gasteiger partial charge is 0.349 e. The molecule has 7 heteroatoms. The Morgan fingerprint density at radius 2 is 2.22 bits per heavy atom. The van der Waals surface area contributed by atoms with Gasteiger partial charge in [-0.15, -0.1) is 0 Å². The molecule has 116 valence electrons. The maximum Gasteiger partial charge on any atom is 0.349 e. The van der Waals surface area contributed by atoms with Crippen molar-refractivity contribution in [1.82, 2.24) is 4.98 Å². The molecule has 1 aromatic heterocycles. The van der Waals surface area contributed by atoms with Crippen LogP contribution in [0.15, 0.2) is 48.6 Å². The van der Waals surface area contributed by atoms with Crippen LogP contribution in [0, 0.1) is 11.3 Å². The van der Waals surface area contributed by atoms with Crippen molar-refractivity contribution in [1.29, 1.82) is 5.26 Å². The Kier molecular flexibility index (Phi) is 5.92. The average Bonchev–Trinajstić information content (AvgIpc) is 2.90. The van der Waals surface area contributed by atoms with Gasteiger partial charge in [-0.05, 0) is 18.2 Å². The van der Waals surface area contributed by atoms with E-state index in [1.807, 2.05) is 30.3 Å². The number of anilines is 2. The lowest BCUT2D eigenvalue weighted by Gasteiger charge is -2.00. The molecule has 1 heterocycles. The molecular weight excluding hydrogens is 334 g/mol. The van der Waals surface area contributed by atoms with Gasteiger partial charge in [-0.3, -0.25) is 0 Å². The third kappa shape index (κ3) is 4.68. The second-order valence-electron chi connectivity index (χ2n) is 4.22. The van der Waals surface area contributed by atoms with Gasteiger partial charge in [-0.25, -0.2) is 9.78 Å². The third-order valence-electron chi connectivity index (χ3n) is 2.58. The van der Waals surface area contributed by atoms with Crippen LogP contribution in [0.2, 0.25) is 5.15 Å². The van der Waals surface area contributed by atoms with Crippen molar-refractivity contribution in [2.75, 3.05) is 11.9 Å². The summed E-state index contributed by atoms with van der Waals surface area (Å²) in [5.74, 6) is -0.727. The zero-order valence-electron chi connectivity index (χ0n) is 12.0. The van der Waals surface area contributed by atoms with Gasteiger partial charge in [-0.1, -0.05) is 53.8 Å². The van der Waals surface area contributed by atoms with E-state index in [2.05, 4.69) is 16.9 Å². The van der Waals surface area contributed by atoms with E-state index in [1.54, 1.807) is 6.07 Å². The van der Waals surface area contributed by atoms with Crippen LogP contribution in [0.4, 0.5) is 10.8 Å². The topological polar surface area (TPSA) is 75.0 Å². The largest absolute Gasteiger partial charge is 0.457 e. The fourth-order valence-electron chi connectivity index (χ4n) is 1.58. The first-order chi connectivity index (χ1) is 11.1. The highest BCUT2D eigenvalue weighted by Gasteiger charge is 2.14. The summed E-state index contributed by atoms with van der Waals surface area (Å²) in [5.41, 5.74) is 0.711. The van der Waals surface area contributed by atoms with E-state index in [0.717, 1.165) is 5.69 Å². The number of carbonyl (C=O) groups is 1. The molecule has 0 unspecified atom stereocenters. The van der Waals surface area contributed by atoms with Crippen LogP contribution in [-0.2, 0) is 9.53 Å². The van der Waals surface area contributed by atoms with E-state index in [9.17, 15) is 4.79 Å². The first-order valence-corrected chi connectivity index (χ1v) is 7.71. The molecule has 0 bridgehead atoms. The molecule has 0 fully saturated rings. The second-order valence-corrected chi connectivity index (χ2v) is 5.61. The molecule has 2 aromatic rings. The quantitative estimate of drug-likeness (QED) is 0.368. The highest BCUT2D eigenvalue weighted by Crippen LogP contribution is 2.31. The Morgan fingerprint density at radius 3 is 2.87 bits per heavy atom. The highest BCUT2D eigenvalue weighted by atomic mass is 35.5. The van der Waals surface area contributed by atoms with Gasteiger partial charge in [0.1, 0.15) is 23.4 Å². The summed E-state index contributed by atoms with van der Waals surface area (Å²) in [6, 6.07) is 11.3. The number of nitrogens with one attached hydrogen (secondary N) is 1. The minimum absolute atomic E-state index is 0.0368. The van der Waals surface area contributed by atoms with Crippen molar-refractivity contribution in [2.24, 2.45) is 0 Å². The Hall–Kier alpha value is -2.62. The Bertz CT molecular complexity index is 778. The highest BCUT2D eigenvalue weighted by molar-refractivity contribution is 7.17. The van der Waals surface area contributed by atoms with Gasteiger partial charge in [0.2, 0.25) is 0 Å². The van der Waals surface area contributed by atoms with E-state index >= 15 is 0 Å². The van der Waals surface area contributed by atoms with Crippen molar-refractivity contribution >= 4 is 45.8 Å². The predicted octanol–water partition coefficient (Wildman–Crippen LogP) is 4.18. The minimum atomic E-state index is -0.727. The van der Waals surface area contributed by atoms with Crippen molar-refractivity contribution in [2.45, 2.75) is 0 Å². The SMILES string of the molecule is C=CCOC(=O)/C(C#N)=C/c1sc(Nc2ccccc2)nc1Cl. The number of aromatic nitrogens is 1. The number of ether oxygens (including phenoxy) is 1. The molecule has 0 radical (unpaired) electrons. The van der Waals surface area contributed by atoms with Crippen LogP contribution in [0.5, 0.6) is 0 Å². The Labute approximate surface area is 142 Å². The fraction of sp³-hybridized carbons (Fsp3) is 0.0625. The third-order valence-corrected chi connectivity index (χ3v) is 3.90. The van der Waals surface area contributed by atoms with Crippen molar-refractivity contribution in [3.05, 3.63) is 58.6 Å². The van der Waals surface area contributed by atoms with Gasteiger partial charge < -0.3 is 10.1 Å². The van der Waals surface area contributed by atoms with Crippen molar-refractivity contribution in [3.63, 3.8) is 0 Å². The first kappa shape index (κ1) is 16.7. The molecule has 1 N–H and O–H groups in total. The summed E-state index contributed by atoms with van der Waals surface area (Å²) in [5, 5.41) is 12.9. The number of hydrogen-bond acceptors (Lipinski definition) is 6. The lowest BCUT2D eigenvalue weighted by atomic mass is 10.2. The number of nitriles is 1. The predicted molar refractivity (Wildman–Crippen MR) is 91.6 cm³/mol. The van der Waals surface area contributed by atoms with Crippen LogP contribution in [0.3, 0.4) is 0 Å². The van der Waals surface area contributed by atoms with Gasteiger partial charge in [-0.2, -0.15) is 5.26 Å². The summed E-state index contributed by atoms with van der Waals surface area (Å²) in [6.45, 7) is 3.48. The Balaban J connectivity index is 2.20. The number of carbonyl (C=O) groups excluding carboxylic acids is 1. The number of para-hydroxylation sites is 1. The van der Waals surface area contributed by atoms with Crippen LogP contribution < -0.4 is 5.32 Å². The maximum atomic E-state index is 11.7. The molecule has 0 saturated carbocycles. The molecule has 2 rings (SSSR count). The van der Waals surface area contributed by atoms with Crippen LogP contribution in [0.25, 0.3) is 6.08 Å². The maximum absolute atomic E-state index is 11.7. The first-order valence-electron chi connectivity index (χ1n) is 6.52. The number of rotatable bonds is 6. The number of halogens is 1. The normalized spacial score (nSPS) is 10.7. The lowest BCUT2D eigenvalue weighted by Crippen LogP contribution is -2.06. The monoisotopic (exact) mass is 345 g/mol. The van der Waals surface area contributed by atoms with Gasteiger partial charge in [0.15, 0.2) is 5.13 Å². The van der Waals surface area contributed by atoms with Crippen molar-refractivity contribution < 1.29 is 9.53 Å². The molecule has 0 saturated heterocycles. The summed E-state index contributed by atoms with van der Waals surface area (Å²) >= 11 is 7.29. The van der Waals surface area contributed by atoms with E-state index in [4.69, 9.17) is 21.6 Å². The molecule has 0 amide bonds. The summed E-state index contributed by atoms with van der Waals surface area (Å²) in [7, 11) is 0. The van der Waals surface area contributed by atoms with Gasteiger partial charge in [0.05, 0.1) is 4.88 Å². The Morgan fingerprint density at radius 1 is 1.48 bits per heavy atom. The van der Waals surface area contributed by atoms with Gasteiger partial charge >= 0.3 is 5.97 Å². The standard InChI is InChI=1S/C16H12ClN3O2S/c1-2-8-22-15(21)11(10-18)9-13-14(17)20-16(23-13)19-12-6-4-3-5-7-12/h2-7,9H,1,8H2,(H,19,20)/b11-9+. The van der Waals surface area contributed by atoms with E-state index in [1.165, 1.54) is 23.5 Å².